The Kier molecular flexibility index (Phi) is 6.21. The number of nitrogens with one attached hydrogen (secondary N) is 1. The average Bonchev–Trinajstić information content (AvgIpc) is 2.77. The first-order valence-corrected chi connectivity index (χ1v) is 7.98. The maximum atomic E-state index is 12.1. The predicted molar refractivity (Wildman–Crippen MR) is 87.1 cm³/mol. The van der Waals surface area contributed by atoms with Gasteiger partial charge in [0.15, 0.2) is 0 Å². The number of likely N-dealkylation sites (N-methyl/N-ethyl adjacent to an activating group) is 1. The lowest BCUT2D eigenvalue weighted by Crippen LogP contribution is -2.37. The van der Waals surface area contributed by atoms with E-state index in [-0.39, 0.29) is 5.91 Å². The molecular weight excluding hydrogens is 262 g/mol. The maximum absolute atomic E-state index is 12.1. The van der Waals surface area contributed by atoms with Gasteiger partial charge in [-0.05, 0) is 37.6 Å². The van der Waals surface area contributed by atoms with Crippen LogP contribution in [-0.2, 0) is 11.3 Å². The fourth-order valence-corrected chi connectivity index (χ4v) is 2.98. The number of hydrogen-bond acceptors (Lipinski definition) is 3. The number of anilines is 1. The van der Waals surface area contributed by atoms with Crippen molar-refractivity contribution in [3.05, 3.63) is 29.8 Å². The summed E-state index contributed by atoms with van der Waals surface area (Å²) >= 11 is 0. The summed E-state index contributed by atoms with van der Waals surface area (Å²) in [6.07, 6.45) is 7.69. The van der Waals surface area contributed by atoms with E-state index in [1.807, 2.05) is 24.3 Å². The normalized spacial score (nSPS) is 16.7. The smallest absolute Gasteiger partial charge is 0.238 e. The summed E-state index contributed by atoms with van der Waals surface area (Å²) in [6, 6.07) is 8.27. The van der Waals surface area contributed by atoms with Crippen LogP contribution in [0.5, 0.6) is 0 Å². The van der Waals surface area contributed by atoms with Crippen LogP contribution < -0.4 is 11.1 Å². The standard InChI is InChI=1S/C17H27N3O/c1-20(16-6-4-2-3-5-7-16)13-17(21)19-15-10-8-14(12-18)9-11-15/h8-11,16H,2-7,12-13,18H2,1H3,(H,19,21). The third-order valence-electron chi connectivity index (χ3n) is 4.31. The van der Waals surface area contributed by atoms with Crippen molar-refractivity contribution in [3.63, 3.8) is 0 Å². The monoisotopic (exact) mass is 289 g/mol. The molecular formula is C17H27N3O. The lowest BCUT2D eigenvalue weighted by Gasteiger charge is -2.26. The highest BCUT2D eigenvalue weighted by molar-refractivity contribution is 5.92. The fraction of sp³-hybridized carbons (Fsp3) is 0.588. The van der Waals surface area contributed by atoms with Crippen LogP contribution in [-0.4, -0.2) is 30.4 Å². The number of nitrogens with two attached hydrogens (primary N) is 1. The first-order valence-electron chi connectivity index (χ1n) is 7.98. The number of hydrogen-bond donors (Lipinski definition) is 2. The van der Waals surface area contributed by atoms with Gasteiger partial charge in [-0.1, -0.05) is 37.8 Å². The molecule has 1 aliphatic rings. The second-order valence-electron chi connectivity index (χ2n) is 6.01. The Morgan fingerprint density at radius 1 is 1.19 bits per heavy atom. The van der Waals surface area contributed by atoms with Crippen molar-refractivity contribution in [2.24, 2.45) is 5.73 Å². The molecule has 4 nitrogen and oxygen atoms in total. The second kappa shape index (κ2) is 8.15. The van der Waals surface area contributed by atoms with Gasteiger partial charge >= 0.3 is 0 Å². The lowest BCUT2D eigenvalue weighted by atomic mass is 10.1. The molecule has 116 valence electrons. The summed E-state index contributed by atoms with van der Waals surface area (Å²) in [6.45, 7) is 0.988. The molecule has 0 aliphatic heterocycles. The zero-order chi connectivity index (χ0) is 15.1. The molecule has 1 amide bonds. The van der Waals surface area contributed by atoms with E-state index in [9.17, 15) is 4.79 Å². The molecule has 1 aliphatic carbocycles. The van der Waals surface area contributed by atoms with E-state index in [0.29, 0.717) is 19.1 Å². The topological polar surface area (TPSA) is 58.4 Å². The van der Waals surface area contributed by atoms with Gasteiger partial charge in [0, 0.05) is 18.3 Å². The van der Waals surface area contributed by atoms with Crippen molar-refractivity contribution < 1.29 is 4.79 Å². The Morgan fingerprint density at radius 3 is 2.38 bits per heavy atom. The summed E-state index contributed by atoms with van der Waals surface area (Å²) in [4.78, 5) is 14.3. The molecule has 1 aromatic rings. The molecule has 2 rings (SSSR count). The molecule has 21 heavy (non-hydrogen) atoms. The first-order chi connectivity index (χ1) is 10.2. The summed E-state index contributed by atoms with van der Waals surface area (Å²) < 4.78 is 0. The zero-order valence-corrected chi connectivity index (χ0v) is 13.0. The molecule has 0 heterocycles. The van der Waals surface area contributed by atoms with E-state index in [1.54, 1.807) is 0 Å². The molecule has 1 saturated carbocycles. The van der Waals surface area contributed by atoms with E-state index in [1.165, 1.54) is 38.5 Å². The summed E-state index contributed by atoms with van der Waals surface area (Å²) in [5.74, 6) is 0.0576. The molecule has 1 fully saturated rings. The molecule has 1 aromatic carbocycles. The van der Waals surface area contributed by atoms with Crippen LogP contribution in [0.4, 0.5) is 5.69 Å². The molecule has 0 unspecified atom stereocenters. The van der Waals surface area contributed by atoms with Crippen LogP contribution in [0.2, 0.25) is 0 Å². The van der Waals surface area contributed by atoms with Crippen molar-refractivity contribution in [1.82, 2.24) is 4.90 Å². The third kappa shape index (κ3) is 5.14. The summed E-state index contributed by atoms with van der Waals surface area (Å²) in [5, 5.41) is 2.96. The Morgan fingerprint density at radius 2 is 1.81 bits per heavy atom. The number of nitrogens with zero attached hydrogens (tertiary/aromatic N) is 1. The fourth-order valence-electron chi connectivity index (χ4n) is 2.98. The molecule has 0 aromatic heterocycles. The third-order valence-corrected chi connectivity index (χ3v) is 4.31. The SMILES string of the molecule is CN(CC(=O)Nc1ccc(CN)cc1)C1CCCCCC1. The predicted octanol–water partition coefficient (Wildman–Crippen LogP) is 2.74. The van der Waals surface area contributed by atoms with Gasteiger partial charge in [-0.15, -0.1) is 0 Å². The zero-order valence-electron chi connectivity index (χ0n) is 13.0. The van der Waals surface area contributed by atoms with Gasteiger partial charge in [0.05, 0.1) is 6.54 Å². The van der Waals surface area contributed by atoms with Crippen LogP contribution in [0.1, 0.15) is 44.1 Å². The number of carbonyl (C=O) groups excluding carboxylic acids is 1. The Balaban J connectivity index is 1.82. The van der Waals surface area contributed by atoms with E-state index >= 15 is 0 Å². The first kappa shape index (κ1) is 16.0. The Bertz CT molecular complexity index is 436. The number of rotatable bonds is 5. The molecule has 0 spiro atoms. The molecule has 4 heteroatoms. The molecule has 0 atom stereocenters. The van der Waals surface area contributed by atoms with E-state index in [4.69, 9.17) is 5.73 Å². The number of amides is 1. The van der Waals surface area contributed by atoms with Crippen LogP contribution in [0.3, 0.4) is 0 Å². The van der Waals surface area contributed by atoms with Crippen LogP contribution in [0.25, 0.3) is 0 Å². The average molecular weight is 289 g/mol. The van der Waals surface area contributed by atoms with Crippen LogP contribution in [0.15, 0.2) is 24.3 Å². The largest absolute Gasteiger partial charge is 0.326 e. The van der Waals surface area contributed by atoms with Crippen molar-refractivity contribution in [2.45, 2.75) is 51.1 Å². The molecule has 0 radical (unpaired) electrons. The van der Waals surface area contributed by atoms with Crippen LogP contribution in [0, 0.1) is 0 Å². The Hall–Kier alpha value is -1.39. The lowest BCUT2D eigenvalue weighted by molar-refractivity contribution is -0.117. The van der Waals surface area contributed by atoms with Gasteiger partial charge in [-0.3, -0.25) is 9.69 Å². The van der Waals surface area contributed by atoms with E-state index < -0.39 is 0 Å². The highest BCUT2D eigenvalue weighted by Crippen LogP contribution is 2.21. The van der Waals surface area contributed by atoms with Gasteiger partial charge in [-0.25, -0.2) is 0 Å². The molecule has 0 saturated heterocycles. The summed E-state index contributed by atoms with van der Waals surface area (Å²) in [7, 11) is 2.06. The van der Waals surface area contributed by atoms with Gasteiger partial charge in [0.2, 0.25) is 5.91 Å². The Labute approximate surface area is 127 Å². The van der Waals surface area contributed by atoms with Gasteiger partial charge in [0.25, 0.3) is 0 Å². The minimum absolute atomic E-state index is 0.0576. The molecule has 0 bridgehead atoms. The highest BCUT2D eigenvalue weighted by atomic mass is 16.2. The van der Waals surface area contributed by atoms with Crippen molar-refractivity contribution in [3.8, 4) is 0 Å². The summed E-state index contributed by atoms with van der Waals surface area (Å²) in [5.41, 5.74) is 7.48. The van der Waals surface area contributed by atoms with Crippen LogP contribution >= 0.6 is 0 Å². The maximum Gasteiger partial charge on any atom is 0.238 e. The van der Waals surface area contributed by atoms with E-state index in [2.05, 4.69) is 17.3 Å². The highest BCUT2D eigenvalue weighted by Gasteiger charge is 2.18. The minimum Gasteiger partial charge on any atom is -0.326 e. The van der Waals surface area contributed by atoms with Crippen molar-refractivity contribution in [2.75, 3.05) is 18.9 Å². The van der Waals surface area contributed by atoms with Gasteiger partial charge < -0.3 is 11.1 Å². The second-order valence-corrected chi connectivity index (χ2v) is 6.01. The quantitative estimate of drug-likeness (QED) is 0.819. The van der Waals surface area contributed by atoms with Crippen molar-refractivity contribution in [1.29, 1.82) is 0 Å². The van der Waals surface area contributed by atoms with Gasteiger partial charge in [0.1, 0.15) is 0 Å². The number of carbonyl (C=O) groups is 1. The van der Waals surface area contributed by atoms with E-state index in [0.717, 1.165) is 11.3 Å². The minimum atomic E-state index is 0.0576. The molecule has 3 N–H and O–H groups in total. The van der Waals surface area contributed by atoms with Crippen molar-refractivity contribution >= 4 is 11.6 Å². The number of benzene rings is 1. The van der Waals surface area contributed by atoms with Gasteiger partial charge in [-0.2, -0.15) is 0 Å².